The Hall–Kier alpha value is -1.10. The highest BCUT2D eigenvalue weighted by atomic mass is 16.6. The van der Waals surface area contributed by atoms with Gasteiger partial charge in [-0.25, -0.2) is 5.90 Å². The molecule has 1 heterocycles. The molecule has 1 fully saturated rings. The maximum absolute atomic E-state index is 5.78. The fourth-order valence-corrected chi connectivity index (χ4v) is 1.76. The van der Waals surface area contributed by atoms with E-state index < -0.39 is 0 Å². The molecular weight excluding hydrogens is 218 g/mol. The Morgan fingerprint density at radius 3 is 2.88 bits per heavy atom. The smallest absolute Gasteiger partial charge is 0.119 e. The summed E-state index contributed by atoms with van der Waals surface area (Å²) in [5, 5.41) is 0. The van der Waals surface area contributed by atoms with Crippen molar-refractivity contribution in [3.8, 4) is 5.75 Å². The van der Waals surface area contributed by atoms with Crippen molar-refractivity contribution in [2.45, 2.75) is 13.3 Å². The van der Waals surface area contributed by atoms with Crippen molar-refractivity contribution in [2.24, 2.45) is 11.3 Å². The van der Waals surface area contributed by atoms with Crippen LogP contribution in [0.2, 0.25) is 0 Å². The first-order chi connectivity index (χ1) is 8.22. The van der Waals surface area contributed by atoms with E-state index >= 15 is 0 Å². The normalized spacial score (nSPS) is 17.5. The number of benzene rings is 1. The van der Waals surface area contributed by atoms with Crippen molar-refractivity contribution in [1.82, 2.24) is 0 Å². The molecule has 17 heavy (non-hydrogen) atoms. The van der Waals surface area contributed by atoms with Gasteiger partial charge >= 0.3 is 0 Å². The monoisotopic (exact) mass is 237 g/mol. The first-order valence-corrected chi connectivity index (χ1v) is 5.83. The lowest BCUT2D eigenvalue weighted by atomic mass is 9.90. The molecule has 0 amide bonds. The summed E-state index contributed by atoms with van der Waals surface area (Å²) < 4.78 is 11.0. The summed E-state index contributed by atoms with van der Waals surface area (Å²) in [4.78, 5) is 4.57. The van der Waals surface area contributed by atoms with Crippen LogP contribution in [-0.2, 0) is 16.0 Å². The summed E-state index contributed by atoms with van der Waals surface area (Å²) in [6.45, 7) is 4.96. The van der Waals surface area contributed by atoms with Crippen LogP contribution in [-0.4, -0.2) is 26.4 Å². The van der Waals surface area contributed by atoms with Gasteiger partial charge in [0, 0.05) is 5.41 Å². The minimum absolute atomic E-state index is 0.177. The topological polar surface area (TPSA) is 53.7 Å². The van der Waals surface area contributed by atoms with Crippen molar-refractivity contribution in [2.75, 3.05) is 26.4 Å². The van der Waals surface area contributed by atoms with Crippen LogP contribution in [0.5, 0.6) is 5.75 Å². The van der Waals surface area contributed by atoms with E-state index in [1.54, 1.807) is 0 Å². The standard InChI is InChI=1S/C13H19NO3/c1-13(8-15-9-13)10-16-12-4-2-3-11(7-12)5-6-17-14/h2-4,7H,5-6,8-10,14H2,1H3. The van der Waals surface area contributed by atoms with Crippen molar-refractivity contribution in [3.05, 3.63) is 29.8 Å². The van der Waals surface area contributed by atoms with Crippen LogP contribution in [0.1, 0.15) is 12.5 Å². The van der Waals surface area contributed by atoms with Crippen LogP contribution < -0.4 is 10.6 Å². The van der Waals surface area contributed by atoms with Gasteiger partial charge in [0.25, 0.3) is 0 Å². The lowest BCUT2D eigenvalue weighted by molar-refractivity contribution is -0.120. The molecule has 0 bridgehead atoms. The average molecular weight is 237 g/mol. The molecule has 0 radical (unpaired) electrons. The Kier molecular flexibility index (Phi) is 3.99. The van der Waals surface area contributed by atoms with Gasteiger partial charge in [-0.3, -0.25) is 0 Å². The Bertz CT molecular complexity index is 363. The Morgan fingerprint density at radius 1 is 1.41 bits per heavy atom. The van der Waals surface area contributed by atoms with Crippen molar-refractivity contribution in [3.63, 3.8) is 0 Å². The van der Waals surface area contributed by atoms with Gasteiger partial charge in [-0.1, -0.05) is 19.1 Å². The van der Waals surface area contributed by atoms with Gasteiger partial charge in [0.2, 0.25) is 0 Å². The molecule has 0 unspecified atom stereocenters. The molecule has 0 atom stereocenters. The molecule has 1 aliphatic rings. The zero-order valence-corrected chi connectivity index (χ0v) is 10.1. The van der Waals surface area contributed by atoms with Gasteiger partial charge in [0.05, 0.1) is 26.4 Å². The van der Waals surface area contributed by atoms with Gasteiger partial charge < -0.3 is 14.3 Å². The highest BCUT2D eigenvalue weighted by Gasteiger charge is 2.34. The van der Waals surface area contributed by atoms with Crippen molar-refractivity contribution in [1.29, 1.82) is 0 Å². The van der Waals surface area contributed by atoms with E-state index in [0.717, 1.165) is 25.4 Å². The van der Waals surface area contributed by atoms with E-state index in [4.69, 9.17) is 15.4 Å². The molecule has 1 saturated heterocycles. The summed E-state index contributed by atoms with van der Waals surface area (Å²) in [6, 6.07) is 8.03. The summed E-state index contributed by atoms with van der Waals surface area (Å²) in [5.41, 5.74) is 1.35. The second-order valence-corrected chi connectivity index (χ2v) is 4.86. The first kappa shape index (κ1) is 12.4. The number of hydrogen-bond acceptors (Lipinski definition) is 4. The summed E-state index contributed by atoms with van der Waals surface area (Å²) >= 11 is 0. The largest absolute Gasteiger partial charge is 0.493 e. The molecule has 1 aliphatic heterocycles. The Morgan fingerprint density at radius 2 is 2.24 bits per heavy atom. The predicted molar refractivity (Wildman–Crippen MR) is 64.7 cm³/mol. The van der Waals surface area contributed by atoms with Crippen LogP contribution in [0, 0.1) is 5.41 Å². The van der Waals surface area contributed by atoms with Crippen LogP contribution in [0.3, 0.4) is 0 Å². The van der Waals surface area contributed by atoms with E-state index in [-0.39, 0.29) is 5.41 Å². The highest BCUT2D eigenvalue weighted by molar-refractivity contribution is 5.28. The molecule has 2 N–H and O–H groups in total. The third-order valence-electron chi connectivity index (χ3n) is 2.90. The molecular formula is C13H19NO3. The molecule has 1 aromatic rings. The molecule has 0 aromatic heterocycles. The average Bonchev–Trinajstić information content (AvgIpc) is 2.32. The fraction of sp³-hybridized carbons (Fsp3) is 0.538. The fourth-order valence-electron chi connectivity index (χ4n) is 1.76. The second kappa shape index (κ2) is 5.49. The number of nitrogens with two attached hydrogens (primary N) is 1. The van der Waals surface area contributed by atoms with Crippen molar-refractivity contribution >= 4 is 0 Å². The van der Waals surface area contributed by atoms with E-state index in [0.29, 0.717) is 13.2 Å². The van der Waals surface area contributed by atoms with E-state index in [1.807, 2.05) is 24.3 Å². The van der Waals surface area contributed by atoms with Gasteiger partial charge in [-0.05, 0) is 24.1 Å². The van der Waals surface area contributed by atoms with Gasteiger partial charge in [0.15, 0.2) is 0 Å². The van der Waals surface area contributed by atoms with Gasteiger partial charge in [-0.15, -0.1) is 0 Å². The lowest BCUT2D eigenvalue weighted by Gasteiger charge is -2.37. The van der Waals surface area contributed by atoms with Crippen LogP contribution >= 0.6 is 0 Å². The van der Waals surface area contributed by atoms with Gasteiger partial charge in [0.1, 0.15) is 5.75 Å². The van der Waals surface area contributed by atoms with Crippen LogP contribution in [0.4, 0.5) is 0 Å². The third-order valence-corrected chi connectivity index (χ3v) is 2.90. The van der Waals surface area contributed by atoms with E-state index in [2.05, 4.69) is 11.8 Å². The van der Waals surface area contributed by atoms with E-state index in [1.165, 1.54) is 5.56 Å². The number of hydrogen-bond donors (Lipinski definition) is 1. The molecule has 2 rings (SSSR count). The maximum atomic E-state index is 5.78. The highest BCUT2D eigenvalue weighted by Crippen LogP contribution is 2.27. The molecule has 1 aromatic carbocycles. The molecule has 0 spiro atoms. The number of ether oxygens (including phenoxy) is 2. The number of rotatable bonds is 6. The molecule has 0 saturated carbocycles. The molecule has 94 valence electrons. The summed E-state index contributed by atoms with van der Waals surface area (Å²) in [7, 11) is 0. The first-order valence-electron chi connectivity index (χ1n) is 5.83. The van der Waals surface area contributed by atoms with Crippen LogP contribution in [0.25, 0.3) is 0 Å². The predicted octanol–water partition coefficient (Wildman–Crippen LogP) is 1.53. The Labute approximate surface area is 102 Å². The van der Waals surface area contributed by atoms with Crippen molar-refractivity contribution < 1.29 is 14.3 Å². The maximum Gasteiger partial charge on any atom is 0.119 e. The molecule has 0 aliphatic carbocycles. The molecule has 4 heteroatoms. The third kappa shape index (κ3) is 3.43. The molecule has 4 nitrogen and oxygen atoms in total. The SMILES string of the molecule is CC1(COc2cccc(CCON)c2)COC1. The zero-order chi connectivity index (χ0) is 12.1. The van der Waals surface area contributed by atoms with E-state index in [9.17, 15) is 0 Å². The minimum Gasteiger partial charge on any atom is -0.493 e. The quantitative estimate of drug-likeness (QED) is 0.762. The zero-order valence-electron chi connectivity index (χ0n) is 10.1. The Balaban J connectivity index is 1.87. The lowest BCUT2D eigenvalue weighted by Crippen LogP contribution is -2.44. The summed E-state index contributed by atoms with van der Waals surface area (Å²) in [5.74, 6) is 5.91. The minimum atomic E-state index is 0.177. The second-order valence-electron chi connectivity index (χ2n) is 4.86. The van der Waals surface area contributed by atoms with Crippen LogP contribution in [0.15, 0.2) is 24.3 Å². The summed E-state index contributed by atoms with van der Waals surface area (Å²) in [6.07, 6.45) is 0.800. The van der Waals surface area contributed by atoms with Gasteiger partial charge in [-0.2, -0.15) is 0 Å².